The SMILES string of the molecule is CC(OC(=O)c1c2c(nc3ccccc13)CCN(C)C2)C(=O)N1CCc2ccccc21. The Balaban J connectivity index is 1.46. The summed E-state index contributed by atoms with van der Waals surface area (Å²) >= 11 is 0. The molecular formula is C25H25N3O3. The number of rotatable bonds is 3. The van der Waals surface area contributed by atoms with Crippen LogP contribution in [0.25, 0.3) is 10.9 Å². The quantitative estimate of drug-likeness (QED) is 0.614. The van der Waals surface area contributed by atoms with Gasteiger partial charge >= 0.3 is 5.97 Å². The molecule has 6 heteroatoms. The number of carbonyl (C=O) groups excluding carboxylic acids is 2. The number of para-hydroxylation sites is 2. The van der Waals surface area contributed by atoms with Gasteiger partial charge in [-0.1, -0.05) is 36.4 Å². The summed E-state index contributed by atoms with van der Waals surface area (Å²) in [5.74, 6) is -0.652. The molecule has 1 atom stereocenters. The fraction of sp³-hybridized carbons (Fsp3) is 0.320. The van der Waals surface area contributed by atoms with Crippen LogP contribution >= 0.6 is 0 Å². The van der Waals surface area contributed by atoms with E-state index < -0.39 is 12.1 Å². The van der Waals surface area contributed by atoms with E-state index >= 15 is 0 Å². The average molecular weight is 415 g/mol. The summed E-state index contributed by atoms with van der Waals surface area (Å²) in [5.41, 5.74) is 5.22. The van der Waals surface area contributed by atoms with E-state index in [-0.39, 0.29) is 5.91 Å². The number of esters is 1. The summed E-state index contributed by atoms with van der Waals surface area (Å²) in [6.07, 6.45) is 0.732. The van der Waals surface area contributed by atoms with Crippen LogP contribution in [0.5, 0.6) is 0 Å². The van der Waals surface area contributed by atoms with Crippen molar-refractivity contribution in [2.24, 2.45) is 0 Å². The number of anilines is 1. The Labute approximate surface area is 181 Å². The lowest BCUT2D eigenvalue weighted by molar-refractivity contribution is -0.126. The Bertz CT molecular complexity index is 1190. The third-order valence-electron chi connectivity index (χ3n) is 6.23. The van der Waals surface area contributed by atoms with E-state index in [2.05, 4.69) is 4.90 Å². The lowest BCUT2D eigenvalue weighted by atomic mass is 9.96. The molecule has 0 N–H and O–H groups in total. The van der Waals surface area contributed by atoms with Crippen LogP contribution in [-0.2, 0) is 28.9 Å². The van der Waals surface area contributed by atoms with Gasteiger partial charge < -0.3 is 14.5 Å². The highest BCUT2D eigenvalue weighted by Crippen LogP contribution is 2.30. The van der Waals surface area contributed by atoms with Gasteiger partial charge in [0.2, 0.25) is 0 Å². The van der Waals surface area contributed by atoms with Crippen molar-refractivity contribution in [1.82, 2.24) is 9.88 Å². The number of pyridine rings is 1. The zero-order valence-electron chi connectivity index (χ0n) is 17.8. The third kappa shape index (κ3) is 3.47. The second-order valence-electron chi connectivity index (χ2n) is 8.33. The van der Waals surface area contributed by atoms with Gasteiger partial charge in [0.05, 0.1) is 11.1 Å². The summed E-state index contributed by atoms with van der Waals surface area (Å²) < 4.78 is 5.76. The number of aromatic nitrogens is 1. The lowest BCUT2D eigenvalue weighted by Gasteiger charge is -2.27. The molecular weight excluding hydrogens is 390 g/mol. The van der Waals surface area contributed by atoms with Gasteiger partial charge in [-0.05, 0) is 38.1 Å². The van der Waals surface area contributed by atoms with Crippen molar-refractivity contribution in [3.63, 3.8) is 0 Å². The Morgan fingerprint density at radius 3 is 2.68 bits per heavy atom. The molecule has 0 spiro atoms. The smallest absolute Gasteiger partial charge is 0.339 e. The van der Waals surface area contributed by atoms with E-state index in [4.69, 9.17) is 9.72 Å². The second-order valence-corrected chi connectivity index (χ2v) is 8.33. The number of amides is 1. The topological polar surface area (TPSA) is 62.7 Å². The maximum absolute atomic E-state index is 13.4. The molecule has 158 valence electrons. The number of hydrogen-bond acceptors (Lipinski definition) is 5. The highest BCUT2D eigenvalue weighted by molar-refractivity contribution is 6.07. The first kappa shape index (κ1) is 19.7. The molecule has 2 aliphatic rings. The number of carbonyl (C=O) groups is 2. The number of benzene rings is 2. The van der Waals surface area contributed by atoms with Crippen LogP contribution in [0.4, 0.5) is 5.69 Å². The van der Waals surface area contributed by atoms with Gasteiger partial charge in [-0.25, -0.2) is 4.79 Å². The molecule has 0 aliphatic carbocycles. The van der Waals surface area contributed by atoms with Gasteiger partial charge in [0.25, 0.3) is 5.91 Å². The molecule has 2 aromatic carbocycles. The summed E-state index contributed by atoms with van der Waals surface area (Å²) in [6, 6.07) is 15.5. The largest absolute Gasteiger partial charge is 0.449 e. The highest BCUT2D eigenvalue weighted by atomic mass is 16.5. The minimum atomic E-state index is -0.873. The van der Waals surface area contributed by atoms with Gasteiger partial charge in [0.1, 0.15) is 0 Å². The average Bonchev–Trinajstić information content (AvgIpc) is 3.21. The first-order valence-electron chi connectivity index (χ1n) is 10.7. The molecule has 31 heavy (non-hydrogen) atoms. The van der Waals surface area contributed by atoms with E-state index in [1.165, 1.54) is 0 Å². The second kappa shape index (κ2) is 7.78. The van der Waals surface area contributed by atoms with Gasteiger partial charge in [0.15, 0.2) is 6.10 Å². The fourth-order valence-corrected chi connectivity index (χ4v) is 4.61. The van der Waals surface area contributed by atoms with Crippen LogP contribution in [0.1, 0.15) is 34.1 Å². The van der Waals surface area contributed by atoms with Crippen molar-refractivity contribution in [2.45, 2.75) is 32.4 Å². The predicted octanol–water partition coefficient (Wildman–Crippen LogP) is 3.36. The van der Waals surface area contributed by atoms with Gasteiger partial charge in [-0.15, -0.1) is 0 Å². The number of nitrogens with zero attached hydrogens (tertiary/aromatic N) is 3. The lowest BCUT2D eigenvalue weighted by Crippen LogP contribution is -2.39. The van der Waals surface area contributed by atoms with E-state index in [0.717, 1.165) is 52.8 Å². The monoisotopic (exact) mass is 415 g/mol. The number of likely N-dealkylation sites (N-methyl/N-ethyl adjacent to an activating group) is 1. The van der Waals surface area contributed by atoms with Crippen LogP contribution in [0.15, 0.2) is 48.5 Å². The Morgan fingerprint density at radius 2 is 1.81 bits per heavy atom. The molecule has 0 fully saturated rings. The van der Waals surface area contributed by atoms with Crippen LogP contribution < -0.4 is 4.90 Å². The minimum absolute atomic E-state index is 0.192. The molecule has 0 radical (unpaired) electrons. The Hall–Kier alpha value is -3.25. The van der Waals surface area contributed by atoms with Crippen LogP contribution in [0.2, 0.25) is 0 Å². The summed E-state index contributed by atoms with van der Waals surface area (Å²) in [7, 11) is 2.03. The molecule has 5 rings (SSSR count). The Kier molecular flexibility index (Phi) is 4.94. The van der Waals surface area contributed by atoms with Gasteiger partial charge in [0, 0.05) is 48.4 Å². The molecule has 1 unspecified atom stereocenters. The van der Waals surface area contributed by atoms with Crippen molar-refractivity contribution in [3.05, 3.63) is 70.9 Å². The summed E-state index contributed by atoms with van der Waals surface area (Å²) in [5, 5.41) is 0.771. The molecule has 0 bridgehead atoms. The molecule has 1 aromatic heterocycles. The van der Waals surface area contributed by atoms with Crippen molar-refractivity contribution in [3.8, 4) is 0 Å². The first-order valence-corrected chi connectivity index (χ1v) is 10.7. The zero-order valence-corrected chi connectivity index (χ0v) is 17.8. The molecule has 3 heterocycles. The maximum Gasteiger partial charge on any atom is 0.339 e. The number of hydrogen-bond donors (Lipinski definition) is 0. The normalized spacial score (nSPS) is 16.6. The van der Waals surface area contributed by atoms with Gasteiger partial charge in [-0.3, -0.25) is 9.78 Å². The van der Waals surface area contributed by atoms with Crippen LogP contribution in [0, 0.1) is 0 Å². The van der Waals surface area contributed by atoms with E-state index in [0.29, 0.717) is 18.7 Å². The van der Waals surface area contributed by atoms with Crippen molar-refractivity contribution in [2.75, 3.05) is 25.0 Å². The molecule has 3 aromatic rings. The molecule has 1 amide bonds. The van der Waals surface area contributed by atoms with E-state index in [1.54, 1.807) is 11.8 Å². The van der Waals surface area contributed by atoms with Crippen LogP contribution in [-0.4, -0.2) is 48.0 Å². The molecule has 0 saturated heterocycles. The van der Waals surface area contributed by atoms with E-state index in [1.807, 2.05) is 55.6 Å². The van der Waals surface area contributed by atoms with Crippen molar-refractivity contribution in [1.29, 1.82) is 0 Å². The maximum atomic E-state index is 13.4. The molecule has 0 saturated carbocycles. The van der Waals surface area contributed by atoms with Gasteiger partial charge in [-0.2, -0.15) is 0 Å². The highest BCUT2D eigenvalue weighted by Gasteiger charge is 2.32. The third-order valence-corrected chi connectivity index (χ3v) is 6.23. The van der Waals surface area contributed by atoms with Crippen molar-refractivity contribution < 1.29 is 14.3 Å². The van der Waals surface area contributed by atoms with Crippen molar-refractivity contribution >= 4 is 28.5 Å². The zero-order chi connectivity index (χ0) is 21.5. The first-order chi connectivity index (χ1) is 15.0. The predicted molar refractivity (Wildman–Crippen MR) is 119 cm³/mol. The number of ether oxygens (including phenoxy) is 1. The fourth-order valence-electron chi connectivity index (χ4n) is 4.61. The summed E-state index contributed by atoms with van der Waals surface area (Å²) in [4.78, 5) is 35.2. The standard InChI is InChI=1S/C25H25N3O3/c1-16(24(29)28-14-11-17-7-3-6-10-22(17)28)31-25(30)23-18-8-4-5-9-20(18)26-21-12-13-27(2)15-19(21)23/h3-10,16H,11-15H2,1-2H3. The van der Waals surface area contributed by atoms with E-state index in [9.17, 15) is 9.59 Å². The molecule has 2 aliphatic heterocycles. The minimum Gasteiger partial charge on any atom is -0.449 e. The number of fused-ring (bicyclic) bond motifs is 3. The Morgan fingerprint density at radius 1 is 1.03 bits per heavy atom. The van der Waals surface area contributed by atoms with Crippen LogP contribution in [0.3, 0.4) is 0 Å². The molecule has 6 nitrogen and oxygen atoms in total. The summed E-state index contributed by atoms with van der Waals surface area (Å²) in [6.45, 7) is 3.80.